The maximum Gasteiger partial charge on any atom is 0.274 e. The van der Waals surface area contributed by atoms with Gasteiger partial charge in [-0.15, -0.1) is 0 Å². The third kappa shape index (κ3) is 4.40. The van der Waals surface area contributed by atoms with Crippen LogP contribution in [0.4, 0.5) is 5.82 Å². The molecule has 1 aromatic carbocycles. The molecular formula is C21H28N4O. The number of piperidine rings is 1. The fourth-order valence-electron chi connectivity index (χ4n) is 3.42. The van der Waals surface area contributed by atoms with Gasteiger partial charge in [0.1, 0.15) is 11.5 Å². The number of nitrogens with zero attached hydrogens (tertiary/aromatic N) is 4. The summed E-state index contributed by atoms with van der Waals surface area (Å²) in [4.78, 5) is 25.7. The van der Waals surface area contributed by atoms with Crippen molar-refractivity contribution in [3.8, 4) is 0 Å². The molecular weight excluding hydrogens is 324 g/mol. The normalized spacial score (nSPS) is 17.4. The Morgan fingerprint density at radius 2 is 2.00 bits per heavy atom. The van der Waals surface area contributed by atoms with E-state index < -0.39 is 0 Å². The summed E-state index contributed by atoms with van der Waals surface area (Å²) in [6.45, 7) is 8.87. The number of anilines is 1. The highest BCUT2D eigenvalue weighted by molar-refractivity contribution is 5.92. The first-order chi connectivity index (χ1) is 12.5. The lowest BCUT2D eigenvalue weighted by atomic mass is 10.0. The summed E-state index contributed by atoms with van der Waals surface area (Å²) in [6.07, 6.45) is 5.61. The molecule has 2 aromatic rings. The van der Waals surface area contributed by atoms with Crippen LogP contribution in [0.25, 0.3) is 0 Å². The average molecular weight is 352 g/mol. The van der Waals surface area contributed by atoms with Crippen molar-refractivity contribution in [1.29, 1.82) is 0 Å². The predicted octanol–water partition coefficient (Wildman–Crippen LogP) is 3.76. The van der Waals surface area contributed by atoms with E-state index in [2.05, 4.69) is 47.8 Å². The Morgan fingerprint density at radius 1 is 1.23 bits per heavy atom. The molecule has 1 amide bonds. The number of carbonyl (C=O) groups excluding carboxylic acids is 1. The second-order valence-electron chi connectivity index (χ2n) is 7.47. The monoisotopic (exact) mass is 352 g/mol. The van der Waals surface area contributed by atoms with Crippen LogP contribution in [0, 0.1) is 5.92 Å². The average Bonchev–Trinajstić information content (AvgIpc) is 2.66. The predicted molar refractivity (Wildman–Crippen MR) is 104 cm³/mol. The van der Waals surface area contributed by atoms with Gasteiger partial charge in [0, 0.05) is 25.7 Å². The van der Waals surface area contributed by atoms with E-state index in [0.29, 0.717) is 11.6 Å². The number of benzene rings is 1. The van der Waals surface area contributed by atoms with Gasteiger partial charge in [0.2, 0.25) is 0 Å². The maximum atomic E-state index is 12.7. The maximum absolute atomic E-state index is 12.7. The zero-order valence-electron chi connectivity index (χ0n) is 15.9. The van der Waals surface area contributed by atoms with Crippen molar-refractivity contribution in [2.75, 3.05) is 18.0 Å². The Hall–Kier alpha value is -2.43. The number of aromatic nitrogens is 2. The van der Waals surface area contributed by atoms with Gasteiger partial charge in [0.15, 0.2) is 0 Å². The molecule has 0 N–H and O–H groups in total. The van der Waals surface area contributed by atoms with Gasteiger partial charge in [-0.05, 0) is 38.2 Å². The smallest absolute Gasteiger partial charge is 0.274 e. The number of hydrogen-bond donors (Lipinski definition) is 0. The Labute approximate surface area is 156 Å². The lowest BCUT2D eigenvalue weighted by molar-refractivity contribution is 0.0676. The SMILES string of the molecule is CC1CCCN(C(=O)c2cnc(N(Cc3ccccc3)C(C)C)cn2)C1. The van der Waals surface area contributed by atoms with Gasteiger partial charge in [-0.2, -0.15) is 0 Å². The van der Waals surface area contributed by atoms with Crippen LogP contribution in [0.5, 0.6) is 0 Å². The van der Waals surface area contributed by atoms with Gasteiger partial charge in [0.05, 0.1) is 12.4 Å². The molecule has 1 aliphatic heterocycles. The van der Waals surface area contributed by atoms with E-state index >= 15 is 0 Å². The van der Waals surface area contributed by atoms with Gasteiger partial charge >= 0.3 is 0 Å². The molecule has 0 spiro atoms. The minimum Gasteiger partial charge on any atom is -0.349 e. The van der Waals surface area contributed by atoms with Crippen molar-refractivity contribution in [2.45, 2.75) is 46.2 Å². The molecule has 0 saturated carbocycles. The van der Waals surface area contributed by atoms with E-state index in [1.807, 2.05) is 23.1 Å². The highest BCUT2D eigenvalue weighted by Gasteiger charge is 2.23. The van der Waals surface area contributed by atoms with Crippen LogP contribution in [-0.2, 0) is 6.54 Å². The van der Waals surface area contributed by atoms with E-state index in [0.717, 1.165) is 31.9 Å². The molecule has 0 aliphatic carbocycles. The topological polar surface area (TPSA) is 49.3 Å². The van der Waals surface area contributed by atoms with Gasteiger partial charge in [-0.3, -0.25) is 4.79 Å². The second kappa shape index (κ2) is 8.30. The quantitative estimate of drug-likeness (QED) is 0.822. The third-order valence-corrected chi connectivity index (χ3v) is 4.91. The molecule has 26 heavy (non-hydrogen) atoms. The van der Waals surface area contributed by atoms with Crippen molar-refractivity contribution < 1.29 is 4.79 Å². The lowest BCUT2D eigenvalue weighted by Crippen LogP contribution is -2.39. The van der Waals surface area contributed by atoms with E-state index in [1.165, 1.54) is 12.0 Å². The van der Waals surface area contributed by atoms with Crippen molar-refractivity contribution in [3.05, 3.63) is 54.0 Å². The molecule has 1 fully saturated rings. The number of hydrogen-bond acceptors (Lipinski definition) is 4. The van der Waals surface area contributed by atoms with Crippen molar-refractivity contribution in [1.82, 2.24) is 14.9 Å². The Balaban J connectivity index is 1.73. The summed E-state index contributed by atoms with van der Waals surface area (Å²) in [6, 6.07) is 10.6. The molecule has 5 nitrogen and oxygen atoms in total. The van der Waals surface area contributed by atoms with Crippen LogP contribution in [0.15, 0.2) is 42.7 Å². The van der Waals surface area contributed by atoms with Gasteiger partial charge in [-0.25, -0.2) is 9.97 Å². The first-order valence-electron chi connectivity index (χ1n) is 9.46. The van der Waals surface area contributed by atoms with E-state index in [9.17, 15) is 4.79 Å². The molecule has 0 bridgehead atoms. The Kier molecular flexibility index (Phi) is 5.86. The van der Waals surface area contributed by atoms with E-state index in [4.69, 9.17) is 0 Å². The summed E-state index contributed by atoms with van der Waals surface area (Å²) >= 11 is 0. The molecule has 2 heterocycles. The molecule has 1 saturated heterocycles. The Morgan fingerprint density at radius 3 is 2.62 bits per heavy atom. The van der Waals surface area contributed by atoms with Gasteiger partial charge < -0.3 is 9.80 Å². The van der Waals surface area contributed by atoms with Gasteiger partial charge in [-0.1, -0.05) is 37.3 Å². The Bertz CT molecular complexity index is 715. The van der Waals surface area contributed by atoms with E-state index in [-0.39, 0.29) is 11.9 Å². The summed E-state index contributed by atoms with van der Waals surface area (Å²) < 4.78 is 0. The van der Waals surface area contributed by atoms with Crippen LogP contribution in [0.1, 0.15) is 49.7 Å². The first kappa shape index (κ1) is 18.4. The van der Waals surface area contributed by atoms with Crippen molar-refractivity contribution >= 4 is 11.7 Å². The highest BCUT2D eigenvalue weighted by Crippen LogP contribution is 2.19. The minimum absolute atomic E-state index is 0.00486. The third-order valence-electron chi connectivity index (χ3n) is 4.91. The highest BCUT2D eigenvalue weighted by atomic mass is 16.2. The second-order valence-corrected chi connectivity index (χ2v) is 7.47. The largest absolute Gasteiger partial charge is 0.349 e. The fraction of sp³-hybridized carbons (Fsp3) is 0.476. The van der Waals surface area contributed by atoms with Crippen LogP contribution in [0.3, 0.4) is 0 Å². The molecule has 0 radical (unpaired) electrons. The number of likely N-dealkylation sites (tertiary alicyclic amines) is 1. The molecule has 1 aliphatic rings. The fourth-order valence-corrected chi connectivity index (χ4v) is 3.42. The number of carbonyl (C=O) groups is 1. The number of rotatable bonds is 5. The summed E-state index contributed by atoms with van der Waals surface area (Å²) in [5.41, 5.74) is 1.66. The minimum atomic E-state index is -0.00486. The molecule has 5 heteroatoms. The lowest BCUT2D eigenvalue weighted by Gasteiger charge is -2.31. The van der Waals surface area contributed by atoms with Crippen LogP contribution in [-0.4, -0.2) is 39.9 Å². The molecule has 1 aromatic heterocycles. The van der Waals surface area contributed by atoms with Crippen LogP contribution >= 0.6 is 0 Å². The van der Waals surface area contributed by atoms with E-state index in [1.54, 1.807) is 12.4 Å². The first-order valence-corrected chi connectivity index (χ1v) is 9.46. The van der Waals surface area contributed by atoms with Crippen LogP contribution < -0.4 is 4.90 Å². The van der Waals surface area contributed by atoms with Crippen LogP contribution in [0.2, 0.25) is 0 Å². The van der Waals surface area contributed by atoms with Crippen molar-refractivity contribution in [2.24, 2.45) is 5.92 Å². The summed E-state index contributed by atoms with van der Waals surface area (Å²) in [5, 5.41) is 0. The zero-order valence-corrected chi connectivity index (χ0v) is 15.9. The summed E-state index contributed by atoms with van der Waals surface area (Å²) in [7, 11) is 0. The molecule has 1 atom stereocenters. The summed E-state index contributed by atoms with van der Waals surface area (Å²) in [5.74, 6) is 1.35. The zero-order chi connectivity index (χ0) is 18.5. The molecule has 3 rings (SSSR count). The standard InChI is InChI=1S/C21H28N4O/c1-16(2)25(15-18-9-5-4-6-10-18)20-13-22-19(12-23-20)21(26)24-11-7-8-17(3)14-24/h4-6,9-10,12-13,16-17H,7-8,11,14-15H2,1-3H3. The number of amides is 1. The molecule has 1 unspecified atom stereocenters. The van der Waals surface area contributed by atoms with Gasteiger partial charge in [0.25, 0.3) is 5.91 Å². The van der Waals surface area contributed by atoms with Crippen molar-refractivity contribution in [3.63, 3.8) is 0 Å². The molecule has 138 valence electrons.